The van der Waals surface area contributed by atoms with Gasteiger partial charge in [0, 0.05) is 29.7 Å². The average Bonchev–Trinajstić information content (AvgIpc) is 3.25. The molecule has 7 nitrogen and oxygen atoms in total. The van der Waals surface area contributed by atoms with Crippen molar-refractivity contribution in [1.82, 2.24) is 15.2 Å². The minimum absolute atomic E-state index is 0.196. The maximum absolute atomic E-state index is 11.2. The Hall–Kier alpha value is -2.55. The number of carbonyl (C=O) groups excluding carboxylic acids is 1. The molecule has 2 amide bonds. The number of halogens is 1. The minimum Gasteiger partial charge on any atom is -0.492 e. The molecule has 5 rings (SSSR count). The van der Waals surface area contributed by atoms with Crippen molar-refractivity contribution in [2.75, 3.05) is 13.2 Å². The summed E-state index contributed by atoms with van der Waals surface area (Å²) in [4.78, 5) is 18.2. The highest BCUT2D eigenvalue weighted by Gasteiger charge is 2.40. The molecule has 2 fully saturated rings. The molecule has 32 heavy (non-hydrogen) atoms. The third kappa shape index (κ3) is 4.77. The molecule has 2 aliphatic rings. The molecule has 0 unspecified atom stereocenters. The van der Waals surface area contributed by atoms with Gasteiger partial charge in [0.1, 0.15) is 18.1 Å². The third-order valence-electron chi connectivity index (χ3n) is 6.21. The first kappa shape index (κ1) is 21.3. The molecule has 3 aromatic rings. The SMILES string of the molecule is NC(=O)NC1C[C@H]2CC[C@H](C1)N2CCOc1ccc(Oc2nc3ccc(Cl)cc3s2)cc1. The number of nitrogens with two attached hydrogens (primary N) is 1. The number of primary amides is 1. The van der Waals surface area contributed by atoms with E-state index in [0.717, 1.165) is 35.4 Å². The lowest BCUT2D eigenvalue weighted by atomic mass is 9.97. The molecule has 2 aromatic carbocycles. The fraction of sp³-hybridized carbons (Fsp3) is 0.391. The number of nitrogens with zero attached hydrogens (tertiary/aromatic N) is 2. The number of fused-ring (bicyclic) bond motifs is 3. The number of carbonyl (C=O) groups is 1. The van der Waals surface area contributed by atoms with E-state index in [2.05, 4.69) is 15.2 Å². The first-order valence-electron chi connectivity index (χ1n) is 10.8. The van der Waals surface area contributed by atoms with Crippen molar-refractivity contribution in [3.05, 3.63) is 47.5 Å². The van der Waals surface area contributed by atoms with Gasteiger partial charge in [-0.05, 0) is 68.1 Å². The van der Waals surface area contributed by atoms with Gasteiger partial charge in [0.2, 0.25) is 0 Å². The summed E-state index contributed by atoms with van der Waals surface area (Å²) in [5.41, 5.74) is 6.16. The summed E-state index contributed by atoms with van der Waals surface area (Å²) in [6.45, 7) is 1.50. The molecule has 2 aliphatic heterocycles. The van der Waals surface area contributed by atoms with Crippen LogP contribution in [0, 0.1) is 0 Å². The van der Waals surface area contributed by atoms with Gasteiger partial charge in [-0.1, -0.05) is 22.9 Å². The molecule has 168 valence electrons. The second-order valence-corrected chi connectivity index (χ2v) is 9.74. The van der Waals surface area contributed by atoms with Crippen molar-refractivity contribution in [1.29, 1.82) is 0 Å². The van der Waals surface area contributed by atoms with E-state index in [4.69, 9.17) is 26.8 Å². The number of urea groups is 1. The van der Waals surface area contributed by atoms with Crippen LogP contribution in [0.3, 0.4) is 0 Å². The summed E-state index contributed by atoms with van der Waals surface area (Å²) in [5.74, 6) is 1.52. The van der Waals surface area contributed by atoms with Gasteiger partial charge in [0.15, 0.2) is 0 Å². The lowest BCUT2D eigenvalue weighted by Gasteiger charge is -2.38. The quantitative estimate of drug-likeness (QED) is 0.516. The Morgan fingerprint density at radius 3 is 2.59 bits per heavy atom. The Kier molecular flexibility index (Phi) is 6.08. The van der Waals surface area contributed by atoms with Crippen LogP contribution in [-0.4, -0.2) is 47.2 Å². The van der Waals surface area contributed by atoms with Crippen LogP contribution in [0.4, 0.5) is 4.79 Å². The molecule has 1 aromatic heterocycles. The molecule has 9 heteroatoms. The normalized spacial score (nSPS) is 22.7. The maximum atomic E-state index is 11.2. The zero-order valence-electron chi connectivity index (χ0n) is 17.5. The molecular weight excluding hydrogens is 448 g/mol. The lowest BCUT2D eigenvalue weighted by Crippen LogP contribution is -2.52. The van der Waals surface area contributed by atoms with Gasteiger partial charge < -0.3 is 20.5 Å². The van der Waals surface area contributed by atoms with Crippen molar-refractivity contribution < 1.29 is 14.3 Å². The molecule has 2 bridgehead atoms. The van der Waals surface area contributed by atoms with Crippen LogP contribution in [0.25, 0.3) is 10.2 Å². The average molecular weight is 473 g/mol. The number of piperidine rings is 1. The Morgan fingerprint density at radius 2 is 1.88 bits per heavy atom. The number of ether oxygens (including phenoxy) is 2. The second-order valence-electron chi connectivity index (χ2n) is 8.31. The van der Waals surface area contributed by atoms with Crippen molar-refractivity contribution in [2.45, 2.75) is 43.8 Å². The first-order valence-corrected chi connectivity index (χ1v) is 12.0. The summed E-state index contributed by atoms with van der Waals surface area (Å²) in [7, 11) is 0. The van der Waals surface area contributed by atoms with Gasteiger partial charge in [0.05, 0.1) is 10.2 Å². The van der Waals surface area contributed by atoms with Crippen LogP contribution >= 0.6 is 22.9 Å². The van der Waals surface area contributed by atoms with Gasteiger partial charge in [-0.2, -0.15) is 0 Å². The van der Waals surface area contributed by atoms with E-state index >= 15 is 0 Å². The number of hydrogen-bond donors (Lipinski definition) is 2. The van der Waals surface area contributed by atoms with Gasteiger partial charge in [-0.25, -0.2) is 9.78 Å². The molecule has 3 N–H and O–H groups in total. The first-order chi connectivity index (χ1) is 15.5. The third-order valence-corrected chi connectivity index (χ3v) is 7.34. The number of nitrogens with one attached hydrogen (secondary N) is 1. The monoisotopic (exact) mass is 472 g/mol. The maximum Gasteiger partial charge on any atom is 0.312 e. The van der Waals surface area contributed by atoms with Gasteiger partial charge >= 0.3 is 6.03 Å². The summed E-state index contributed by atoms with van der Waals surface area (Å²) >= 11 is 7.51. The van der Waals surface area contributed by atoms with E-state index in [9.17, 15) is 4.79 Å². The second kappa shape index (κ2) is 9.13. The number of thiazole rings is 1. The largest absolute Gasteiger partial charge is 0.492 e. The smallest absolute Gasteiger partial charge is 0.312 e. The highest BCUT2D eigenvalue weighted by Crippen LogP contribution is 2.36. The van der Waals surface area contributed by atoms with E-state index in [-0.39, 0.29) is 6.04 Å². The van der Waals surface area contributed by atoms with E-state index in [1.165, 1.54) is 24.2 Å². The van der Waals surface area contributed by atoms with Crippen LogP contribution in [0.15, 0.2) is 42.5 Å². The number of amides is 2. The fourth-order valence-electron chi connectivity index (χ4n) is 4.85. The molecule has 0 spiro atoms. The molecule has 2 saturated heterocycles. The van der Waals surface area contributed by atoms with Crippen LogP contribution < -0.4 is 20.5 Å². The summed E-state index contributed by atoms with van der Waals surface area (Å²) in [5, 5.41) is 4.15. The minimum atomic E-state index is -0.425. The summed E-state index contributed by atoms with van der Waals surface area (Å²) in [6, 6.07) is 14.0. The molecule has 3 heterocycles. The van der Waals surface area contributed by atoms with Crippen molar-refractivity contribution in [3.63, 3.8) is 0 Å². The fourth-order valence-corrected chi connectivity index (χ4v) is 5.96. The topological polar surface area (TPSA) is 89.7 Å². The summed E-state index contributed by atoms with van der Waals surface area (Å²) in [6.07, 6.45) is 4.27. The molecule has 0 aliphatic carbocycles. The molecular formula is C23H25ClN4O3S. The molecule has 2 atom stereocenters. The van der Waals surface area contributed by atoms with Crippen molar-refractivity contribution in [3.8, 4) is 16.7 Å². The predicted molar refractivity (Wildman–Crippen MR) is 126 cm³/mol. The van der Waals surface area contributed by atoms with E-state index in [1.54, 1.807) is 0 Å². The number of hydrogen-bond acceptors (Lipinski definition) is 6. The number of rotatable bonds is 7. The van der Waals surface area contributed by atoms with Crippen molar-refractivity contribution in [2.24, 2.45) is 5.73 Å². The van der Waals surface area contributed by atoms with Gasteiger partial charge in [0.25, 0.3) is 5.19 Å². The zero-order chi connectivity index (χ0) is 22.1. The molecule has 0 radical (unpaired) electrons. The van der Waals surface area contributed by atoms with E-state index < -0.39 is 6.03 Å². The van der Waals surface area contributed by atoms with Gasteiger partial charge in [-0.15, -0.1) is 0 Å². The van der Waals surface area contributed by atoms with Crippen LogP contribution in [0.2, 0.25) is 5.02 Å². The highest BCUT2D eigenvalue weighted by molar-refractivity contribution is 7.20. The van der Waals surface area contributed by atoms with Crippen LogP contribution in [-0.2, 0) is 0 Å². The van der Waals surface area contributed by atoms with Crippen molar-refractivity contribution >= 4 is 39.2 Å². The van der Waals surface area contributed by atoms with E-state index in [0.29, 0.717) is 34.7 Å². The molecule has 0 saturated carbocycles. The lowest BCUT2D eigenvalue weighted by molar-refractivity contribution is 0.1000. The van der Waals surface area contributed by atoms with Crippen LogP contribution in [0.5, 0.6) is 16.7 Å². The Labute approximate surface area is 195 Å². The number of aromatic nitrogens is 1. The van der Waals surface area contributed by atoms with E-state index in [1.807, 2.05) is 42.5 Å². The Morgan fingerprint density at radius 1 is 1.16 bits per heavy atom. The highest BCUT2D eigenvalue weighted by atomic mass is 35.5. The zero-order valence-corrected chi connectivity index (χ0v) is 19.1. The Balaban J connectivity index is 1.12. The standard InChI is InChI=1S/C23H25ClN4O3S/c24-14-1-8-20-21(11-14)32-23(27-20)31-19-6-4-18(5-7-19)30-10-9-28-16-2-3-17(28)13-15(12-16)26-22(25)29/h1,4-8,11,15-17H,2-3,9-10,12-13H2,(H3,25,26,29)/t16-,17-/m1/s1. The van der Waals surface area contributed by atoms with Crippen LogP contribution in [0.1, 0.15) is 25.7 Å². The predicted octanol–water partition coefficient (Wildman–Crippen LogP) is 4.78. The van der Waals surface area contributed by atoms with Gasteiger partial charge in [-0.3, -0.25) is 4.90 Å². The summed E-state index contributed by atoms with van der Waals surface area (Å²) < 4.78 is 12.9. The Bertz CT molecular complexity index is 1090. The number of benzene rings is 2.